The summed E-state index contributed by atoms with van der Waals surface area (Å²) in [6.45, 7) is -0.670. The first kappa shape index (κ1) is 25.3. The van der Waals surface area contributed by atoms with Gasteiger partial charge in [-0.25, -0.2) is 0 Å². The van der Waals surface area contributed by atoms with Crippen LogP contribution in [0.4, 0.5) is 0 Å². The van der Waals surface area contributed by atoms with E-state index in [1.165, 1.54) is 6.07 Å². The highest BCUT2D eigenvalue weighted by Crippen LogP contribution is 2.38. The molecule has 0 bridgehead atoms. The van der Waals surface area contributed by atoms with Crippen molar-refractivity contribution in [2.24, 2.45) is 0 Å². The molecule has 1 aliphatic carbocycles. The fraction of sp³-hybridized carbons (Fsp3) is 0.520. The van der Waals surface area contributed by atoms with Crippen molar-refractivity contribution in [2.75, 3.05) is 13.2 Å². The first-order chi connectivity index (χ1) is 16.2. The van der Waals surface area contributed by atoms with Crippen molar-refractivity contribution in [3.8, 4) is 5.75 Å². The van der Waals surface area contributed by atoms with Crippen LogP contribution in [0.2, 0.25) is 5.02 Å². The van der Waals surface area contributed by atoms with E-state index in [0.29, 0.717) is 22.8 Å². The normalized spacial score (nSPS) is 30.9. The quantitative estimate of drug-likeness (QED) is 0.338. The predicted molar refractivity (Wildman–Crippen MR) is 123 cm³/mol. The maximum atomic E-state index is 11.1. The molecule has 186 valence electrons. The third kappa shape index (κ3) is 4.82. The minimum Gasteiger partial charge on any atom is -0.485 e. The van der Waals surface area contributed by atoms with Crippen molar-refractivity contribution >= 4 is 11.6 Å². The molecular weight excluding hydrogens is 464 g/mol. The Morgan fingerprint density at radius 2 is 1.65 bits per heavy atom. The Balaban J connectivity index is 1.54. The lowest BCUT2D eigenvalue weighted by Crippen LogP contribution is -2.63. The largest absolute Gasteiger partial charge is 0.485 e. The van der Waals surface area contributed by atoms with E-state index in [0.717, 1.165) is 31.2 Å². The van der Waals surface area contributed by atoms with Gasteiger partial charge in [-0.2, -0.15) is 0 Å². The number of hydrogen-bond acceptors (Lipinski definition) is 8. The van der Waals surface area contributed by atoms with Crippen LogP contribution in [0.15, 0.2) is 42.5 Å². The number of halogens is 1. The molecule has 6 N–H and O–H groups in total. The van der Waals surface area contributed by atoms with E-state index in [9.17, 15) is 30.6 Å². The van der Waals surface area contributed by atoms with Crippen molar-refractivity contribution in [3.05, 3.63) is 64.2 Å². The molecule has 2 aromatic carbocycles. The summed E-state index contributed by atoms with van der Waals surface area (Å²) in [4.78, 5) is 0. The molecule has 8 nitrogen and oxygen atoms in total. The molecule has 0 radical (unpaired) electrons. The second-order valence-corrected chi connectivity index (χ2v) is 9.65. The Morgan fingerprint density at radius 1 is 0.971 bits per heavy atom. The second-order valence-electron chi connectivity index (χ2n) is 9.24. The van der Waals surface area contributed by atoms with Crippen LogP contribution in [0.5, 0.6) is 5.75 Å². The summed E-state index contributed by atoms with van der Waals surface area (Å²) in [5, 5.41) is 61.3. The van der Waals surface area contributed by atoms with Crippen molar-refractivity contribution < 1.29 is 40.1 Å². The van der Waals surface area contributed by atoms with Crippen molar-refractivity contribution in [2.45, 2.75) is 67.9 Å². The molecule has 0 amide bonds. The summed E-state index contributed by atoms with van der Waals surface area (Å²) < 4.78 is 11.5. The highest BCUT2D eigenvalue weighted by atomic mass is 35.5. The average Bonchev–Trinajstić information content (AvgIpc) is 3.31. The molecule has 1 saturated heterocycles. The Labute approximate surface area is 203 Å². The van der Waals surface area contributed by atoms with E-state index in [1.807, 2.05) is 24.3 Å². The van der Waals surface area contributed by atoms with Gasteiger partial charge in [-0.15, -0.1) is 0 Å². The minimum atomic E-state index is -2.34. The monoisotopic (exact) mass is 494 g/mol. The van der Waals surface area contributed by atoms with Crippen LogP contribution in [-0.4, -0.2) is 73.9 Å². The van der Waals surface area contributed by atoms with E-state index in [4.69, 9.17) is 21.1 Å². The Kier molecular flexibility index (Phi) is 7.52. The molecule has 1 saturated carbocycles. The summed E-state index contributed by atoms with van der Waals surface area (Å²) in [5.41, 5.74) is 1.17. The van der Waals surface area contributed by atoms with E-state index >= 15 is 0 Å². The van der Waals surface area contributed by atoms with Crippen LogP contribution in [0.25, 0.3) is 0 Å². The molecule has 0 unspecified atom stereocenters. The number of ether oxygens (including phenoxy) is 2. The van der Waals surface area contributed by atoms with E-state index < -0.39 is 42.4 Å². The van der Waals surface area contributed by atoms with E-state index in [2.05, 4.69) is 0 Å². The number of rotatable bonds is 7. The van der Waals surface area contributed by atoms with Gasteiger partial charge in [0.05, 0.1) is 13.2 Å². The number of aliphatic hydroxyl groups excluding tert-OH is 5. The highest BCUT2D eigenvalue weighted by molar-refractivity contribution is 6.31. The standard InChI is InChI=1S/C25H31ClO8/c26-19-8-5-17(25(32)23(31)22(30)21(29)20(13-27)34-25)12-16(19)11-15-3-6-18(7-4-15)33-24(14-28)9-1-2-10-24/h3-8,12,20-23,27-32H,1-2,9-11,13-14H2/t20-,21-,22+,23-,25-/m1/s1. The van der Waals surface area contributed by atoms with Gasteiger partial charge in [0.25, 0.3) is 0 Å². The smallest absolute Gasteiger partial charge is 0.222 e. The summed E-state index contributed by atoms with van der Waals surface area (Å²) in [5.74, 6) is -1.67. The van der Waals surface area contributed by atoms with Crippen LogP contribution in [-0.2, 0) is 16.9 Å². The lowest BCUT2D eigenvalue weighted by atomic mass is 9.87. The molecule has 2 aromatic rings. The van der Waals surface area contributed by atoms with Gasteiger partial charge in [0.1, 0.15) is 35.8 Å². The van der Waals surface area contributed by atoms with Gasteiger partial charge in [-0.3, -0.25) is 0 Å². The molecule has 1 heterocycles. The highest BCUT2D eigenvalue weighted by Gasteiger charge is 2.53. The molecular formula is C25H31ClO8. The van der Waals surface area contributed by atoms with Gasteiger partial charge < -0.3 is 40.1 Å². The summed E-state index contributed by atoms with van der Waals surface area (Å²) in [6, 6.07) is 12.0. The number of hydrogen-bond donors (Lipinski definition) is 6. The minimum absolute atomic E-state index is 0.0170. The van der Waals surface area contributed by atoms with Gasteiger partial charge in [0, 0.05) is 10.6 Å². The SMILES string of the molecule is OC[C@H]1O[C@](O)(c2ccc(Cl)c(Cc3ccc(OC4(CO)CCCC4)cc3)c2)[C@H](O)[C@@H](O)[C@@H]1O. The maximum absolute atomic E-state index is 11.1. The first-order valence-electron chi connectivity index (χ1n) is 11.4. The van der Waals surface area contributed by atoms with Crippen LogP contribution >= 0.6 is 11.6 Å². The third-order valence-corrected chi connectivity index (χ3v) is 7.25. The summed E-state index contributed by atoms with van der Waals surface area (Å²) >= 11 is 6.39. The van der Waals surface area contributed by atoms with Crippen LogP contribution in [0.3, 0.4) is 0 Å². The predicted octanol–water partition coefficient (Wildman–Crippen LogP) is 1.23. The van der Waals surface area contributed by atoms with Crippen LogP contribution < -0.4 is 4.74 Å². The second kappa shape index (κ2) is 10.1. The zero-order valence-electron chi connectivity index (χ0n) is 18.7. The van der Waals surface area contributed by atoms with Crippen molar-refractivity contribution in [3.63, 3.8) is 0 Å². The molecule has 0 spiro atoms. The fourth-order valence-corrected chi connectivity index (χ4v) is 4.97. The first-order valence-corrected chi connectivity index (χ1v) is 11.8. The molecule has 1 aliphatic heterocycles. The molecule has 2 fully saturated rings. The molecule has 2 aliphatic rings. The zero-order chi connectivity index (χ0) is 24.5. The lowest BCUT2D eigenvalue weighted by Gasteiger charge is -2.45. The van der Waals surface area contributed by atoms with Crippen molar-refractivity contribution in [1.82, 2.24) is 0 Å². The fourth-order valence-electron chi connectivity index (χ4n) is 4.78. The number of benzene rings is 2. The van der Waals surface area contributed by atoms with Gasteiger partial charge in [-0.1, -0.05) is 29.8 Å². The van der Waals surface area contributed by atoms with Crippen LogP contribution in [0, 0.1) is 0 Å². The zero-order valence-corrected chi connectivity index (χ0v) is 19.4. The van der Waals surface area contributed by atoms with Gasteiger partial charge in [0.15, 0.2) is 0 Å². The topological polar surface area (TPSA) is 140 Å². The van der Waals surface area contributed by atoms with Gasteiger partial charge in [-0.05, 0) is 67.5 Å². The third-order valence-electron chi connectivity index (χ3n) is 6.88. The molecule has 5 atom stereocenters. The number of aliphatic hydroxyl groups is 6. The van der Waals surface area contributed by atoms with E-state index in [1.54, 1.807) is 12.1 Å². The van der Waals surface area contributed by atoms with Gasteiger partial charge in [0.2, 0.25) is 5.79 Å². The average molecular weight is 495 g/mol. The van der Waals surface area contributed by atoms with Crippen molar-refractivity contribution in [1.29, 1.82) is 0 Å². The van der Waals surface area contributed by atoms with Crippen LogP contribution in [0.1, 0.15) is 42.4 Å². The van der Waals surface area contributed by atoms with Gasteiger partial charge >= 0.3 is 0 Å². The Bertz CT molecular complexity index is 975. The Hall–Kier alpha value is -1.75. The molecule has 9 heteroatoms. The summed E-state index contributed by atoms with van der Waals surface area (Å²) in [7, 11) is 0. The molecule has 34 heavy (non-hydrogen) atoms. The Morgan fingerprint density at radius 3 is 2.26 bits per heavy atom. The molecule has 4 rings (SSSR count). The lowest BCUT2D eigenvalue weighted by molar-refractivity contribution is -0.357. The summed E-state index contributed by atoms with van der Waals surface area (Å²) in [6.07, 6.45) is -2.27. The molecule has 0 aromatic heterocycles. The van der Waals surface area contributed by atoms with E-state index in [-0.39, 0.29) is 12.2 Å². The maximum Gasteiger partial charge on any atom is 0.222 e.